The third-order valence-electron chi connectivity index (χ3n) is 3.77. The predicted octanol–water partition coefficient (Wildman–Crippen LogP) is 1.89. The van der Waals surface area contributed by atoms with Crippen molar-refractivity contribution < 1.29 is 13.9 Å². The van der Waals surface area contributed by atoms with E-state index in [2.05, 4.69) is 0 Å². The fourth-order valence-corrected chi connectivity index (χ4v) is 2.55. The minimum Gasteiger partial charge on any atom is -0.381 e. The highest BCUT2D eigenvalue weighted by Crippen LogP contribution is 2.29. The molecule has 0 aliphatic carbocycles. The fraction of sp³-hybridized carbons (Fsp3) is 0.571. The van der Waals surface area contributed by atoms with E-state index in [1.165, 1.54) is 12.1 Å². The highest BCUT2D eigenvalue weighted by molar-refractivity contribution is 5.18. The first kappa shape index (κ1) is 13.5. The van der Waals surface area contributed by atoms with Crippen molar-refractivity contribution in [1.82, 2.24) is 0 Å². The Bertz CT molecular complexity index is 391. The van der Waals surface area contributed by atoms with E-state index in [1.54, 1.807) is 13.2 Å². The van der Waals surface area contributed by atoms with Gasteiger partial charge in [0.15, 0.2) is 0 Å². The van der Waals surface area contributed by atoms with Gasteiger partial charge in [-0.05, 0) is 24.1 Å². The van der Waals surface area contributed by atoms with E-state index in [-0.39, 0.29) is 17.5 Å². The Hall–Kier alpha value is -0.970. The molecule has 1 aliphatic heterocycles. The first-order valence-corrected chi connectivity index (χ1v) is 6.29. The second kappa shape index (κ2) is 5.78. The number of nitrogens with two attached hydrogens (primary N) is 1. The summed E-state index contributed by atoms with van der Waals surface area (Å²) in [7, 11) is 1.69. The molecule has 0 radical (unpaired) electrons. The molecule has 18 heavy (non-hydrogen) atoms. The van der Waals surface area contributed by atoms with Gasteiger partial charge < -0.3 is 15.2 Å². The quantitative estimate of drug-likeness (QED) is 0.891. The number of rotatable bonds is 4. The molecule has 0 bridgehead atoms. The number of ether oxygens (including phenoxy) is 2. The molecular weight excluding hydrogens is 233 g/mol. The minimum absolute atomic E-state index is 0.145. The smallest absolute Gasteiger partial charge is 0.123 e. The van der Waals surface area contributed by atoms with Gasteiger partial charge in [0, 0.05) is 39.2 Å². The molecule has 1 heterocycles. The van der Waals surface area contributed by atoms with Crippen LogP contribution in [-0.4, -0.2) is 32.0 Å². The minimum atomic E-state index is -0.343. The van der Waals surface area contributed by atoms with Crippen molar-refractivity contribution >= 4 is 0 Å². The molecule has 0 saturated carbocycles. The summed E-state index contributed by atoms with van der Waals surface area (Å²) in [6.07, 6.45) is 2.20. The lowest BCUT2D eigenvalue weighted by Gasteiger charge is -2.40. The highest BCUT2D eigenvalue weighted by atomic mass is 19.1. The van der Waals surface area contributed by atoms with Gasteiger partial charge in [0.2, 0.25) is 0 Å². The van der Waals surface area contributed by atoms with Crippen molar-refractivity contribution in [3.63, 3.8) is 0 Å². The van der Waals surface area contributed by atoms with Gasteiger partial charge in [-0.15, -0.1) is 0 Å². The number of methoxy groups -OCH3 is 1. The Labute approximate surface area is 107 Å². The van der Waals surface area contributed by atoms with E-state index < -0.39 is 0 Å². The van der Waals surface area contributed by atoms with E-state index >= 15 is 0 Å². The molecule has 1 aromatic rings. The summed E-state index contributed by atoms with van der Waals surface area (Å²) in [5, 5.41) is 0. The van der Waals surface area contributed by atoms with Crippen molar-refractivity contribution in [3.05, 3.63) is 35.6 Å². The normalized spacial score (nSPS) is 20.6. The van der Waals surface area contributed by atoms with Gasteiger partial charge in [0.05, 0.1) is 5.60 Å². The standard InChI is InChI=1S/C14H20FNO2/c1-17-14(5-7-18-8-6-14)13(16)10-11-3-2-4-12(15)9-11/h2-4,9,13H,5-8,10,16H2,1H3. The second-order valence-corrected chi connectivity index (χ2v) is 4.82. The number of halogens is 1. The average molecular weight is 253 g/mol. The van der Waals surface area contributed by atoms with Crippen LogP contribution in [-0.2, 0) is 15.9 Å². The Kier molecular flexibility index (Phi) is 4.32. The Morgan fingerprint density at radius 3 is 2.78 bits per heavy atom. The summed E-state index contributed by atoms with van der Waals surface area (Å²) in [6.45, 7) is 1.34. The van der Waals surface area contributed by atoms with E-state index in [1.807, 2.05) is 6.07 Å². The monoisotopic (exact) mass is 253 g/mol. The zero-order chi connectivity index (χ0) is 13.0. The van der Waals surface area contributed by atoms with Crippen LogP contribution in [0.15, 0.2) is 24.3 Å². The fourth-order valence-electron chi connectivity index (χ4n) is 2.55. The summed E-state index contributed by atoms with van der Waals surface area (Å²) < 4.78 is 24.1. The number of hydrogen-bond donors (Lipinski definition) is 1. The highest BCUT2D eigenvalue weighted by Gasteiger charge is 2.38. The van der Waals surface area contributed by atoms with Crippen LogP contribution in [0.2, 0.25) is 0 Å². The molecule has 1 atom stereocenters. The van der Waals surface area contributed by atoms with E-state index in [4.69, 9.17) is 15.2 Å². The molecule has 1 fully saturated rings. The summed E-state index contributed by atoms with van der Waals surface area (Å²) in [5.74, 6) is -0.224. The largest absolute Gasteiger partial charge is 0.381 e. The van der Waals surface area contributed by atoms with Gasteiger partial charge >= 0.3 is 0 Å². The van der Waals surface area contributed by atoms with E-state index in [9.17, 15) is 4.39 Å². The number of hydrogen-bond acceptors (Lipinski definition) is 3. The van der Waals surface area contributed by atoms with Gasteiger partial charge in [-0.25, -0.2) is 4.39 Å². The Morgan fingerprint density at radius 2 is 2.17 bits per heavy atom. The van der Waals surface area contributed by atoms with E-state index in [0.717, 1.165) is 18.4 Å². The van der Waals surface area contributed by atoms with Gasteiger partial charge in [0.25, 0.3) is 0 Å². The molecule has 0 amide bonds. The van der Waals surface area contributed by atoms with E-state index in [0.29, 0.717) is 19.6 Å². The molecule has 1 aromatic carbocycles. The van der Waals surface area contributed by atoms with Gasteiger partial charge in [-0.2, -0.15) is 0 Å². The maximum Gasteiger partial charge on any atom is 0.123 e. The molecule has 2 N–H and O–H groups in total. The molecular formula is C14H20FNO2. The summed E-state index contributed by atoms with van der Waals surface area (Å²) in [4.78, 5) is 0. The van der Waals surface area contributed by atoms with Crippen molar-refractivity contribution in [3.8, 4) is 0 Å². The summed E-state index contributed by atoms with van der Waals surface area (Å²) in [5.41, 5.74) is 6.84. The van der Waals surface area contributed by atoms with Crippen LogP contribution in [0.3, 0.4) is 0 Å². The van der Waals surface area contributed by atoms with Crippen LogP contribution in [0.1, 0.15) is 18.4 Å². The van der Waals surface area contributed by atoms with Crippen LogP contribution in [0, 0.1) is 5.82 Å². The Morgan fingerprint density at radius 1 is 1.44 bits per heavy atom. The van der Waals surface area contributed by atoms with Crippen LogP contribution >= 0.6 is 0 Å². The van der Waals surface area contributed by atoms with Crippen LogP contribution in [0.4, 0.5) is 4.39 Å². The lowest BCUT2D eigenvalue weighted by molar-refractivity contribution is -0.103. The van der Waals surface area contributed by atoms with Crippen molar-refractivity contribution in [2.45, 2.75) is 30.9 Å². The molecule has 100 valence electrons. The maximum absolute atomic E-state index is 13.1. The maximum atomic E-state index is 13.1. The zero-order valence-electron chi connectivity index (χ0n) is 10.7. The first-order chi connectivity index (χ1) is 8.66. The van der Waals surface area contributed by atoms with Crippen LogP contribution < -0.4 is 5.73 Å². The summed E-state index contributed by atoms with van der Waals surface area (Å²) in [6, 6.07) is 6.43. The van der Waals surface area contributed by atoms with Gasteiger partial charge in [-0.3, -0.25) is 0 Å². The molecule has 0 aromatic heterocycles. The number of benzene rings is 1. The Balaban J connectivity index is 2.07. The predicted molar refractivity (Wildman–Crippen MR) is 67.9 cm³/mol. The lowest BCUT2D eigenvalue weighted by atomic mass is 9.83. The van der Waals surface area contributed by atoms with Crippen molar-refractivity contribution in [2.24, 2.45) is 5.73 Å². The molecule has 1 aliphatic rings. The van der Waals surface area contributed by atoms with Crippen LogP contribution in [0.5, 0.6) is 0 Å². The molecule has 2 rings (SSSR count). The third-order valence-corrected chi connectivity index (χ3v) is 3.77. The molecule has 4 heteroatoms. The molecule has 0 spiro atoms. The van der Waals surface area contributed by atoms with Gasteiger partial charge in [-0.1, -0.05) is 12.1 Å². The molecule has 3 nitrogen and oxygen atoms in total. The average Bonchev–Trinajstić information content (AvgIpc) is 2.39. The zero-order valence-corrected chi connectivity index (χ0v) is 10.7. The van der Waals surface area contributed by atoms with Crippen molar-refractivity contribution in [2.75, 3.05) is 20.3 Å². The first-order valence-electron chi connectivity index (χ1n) is 6.29. The topological polar surface area (TPSA) is 44.5 Å². The molecule has 1 unspecified atom stereocenters. The van der Waals surface area contributed by atoms with Crippen molar-refractivity contribution in [1.29, 1.82) is 0 Å². The third kappa shape index (κ3) is 2.88. The van der Waals surface area contributed by atoms with Gasteiger partial charge in [0.1, 0.15) is 5.82 Å². The van der Waals surface area contributed by atoms with Crippen LogP contribution in [0.25, 0.3) is 0 Å². The SMILES string of the molecule is COC1(C(N)Cc2cccc(F)c2)CCOCC1. The molecule has 1 saturated heterocycles. The summed E-state index contributed by atoms with van der Waals surface area (Å²) >= 11 is 0. The lowest BCUT2D eigenvalue weighted by Crippen LogP contribution is -2.53. The second-order valence-electron chi connectivity index (χ2n) is 4.82.